The SMILES string of the molecule is COCNCC(COCC(C)c1nc2n(n1)N=C(C(C)(C)C)C2=Nc1cc2c(cc1C)N(CCO)C(C)(C)CC2C)c1nc2n(n1)N=C(C(C)(C)C)C2=Nc1cc2c(cc1C)N(CCO)C(C)(C)CC2C. The smallest absolute Gasteiger partial charge is 0.204 e. The predicted octanol–water partition coefficient (Wildman–Crippen LogP) is 8.52. The average molecular weight is 974 g/mol. The number of aryl methyl sites for hydroxylation is 2. The van der Waals surface area contributed by atoms with E-state index < -0.39 is 0 Å². The molecule has 17 nitrogen and oxygen atoms in total. The molecule has 4 unspecified atom stereocenters. The molecule has 0 saturated heterocycles. The van der Waals surface area contributed by atoms with Gasteiger partial charge in [-0.1, -0.05) is 62.3 Å². The molecule has 3 N–H and O–H groups in total. The van der Waals surface area contributed by atoms with E-state index in [1.165, 1.54) is 11.1 Å². The lowest BCUT2D eigenvalue weighted by atomic mass is 9.79. The number of anilines is 2. The second kappa shape index (κ2) is 19.7. The Bertz CT molecular complexity index is 2770. The summed E-state index contributed by atoms with van der Waals surface area (Å²) in [5.41, 5.74) is 10.9. The zero-order valence-electron chi connectivity index (χ0n) is 45.3. The molecule has 2 aromatic carbocycles. The van der Waals surface area contributed by atoms with Crippen LogP contribution in [0.15, 0.2) is 44.5 Å². The number of benzene rings is 2. The van der Waals surface area contributed by atoms with Gasteiger partial charge in [-0.05, 0) is 113 Å². The topological polar surface area (TPSA) is 188 Å². The molecule has 4 aromatic rings. The number of nitrogens with one attached hydrogen (secondary N) is 1. The molecule has 384 valence electrons. The largest absolute Gasteiger partial charge is 0.395 e. The number of β-amino-alcohol motifs (C(OH)–C–C–N with tert-alkyl or cyclic N) is 2. The molecule has 6 heterocycles. The van der Waals surface area contributed by atoms with Crippen molar-refractivity contribution in [2.75, 3.05) is 69.7 Å². The van der Waals surface area contributed by atoms with Gasteiger partial charge < -0.3 is 29.5 Å². The Morgan fingerprint density at radius 3 is 1.61 bits per heavy atom. The summed E-state index contributed by atoms with van der Waals surface area (Å²) in [7, 11) is 1.66. The number of nitrogens with zero attached hydrogens (tertiary/aromatic N) is 12. The first-order valence-corrected chi connectivity index (χ1v) is 25.5. The van der Waals surface area contributed by atoms with Gasteiger partial charge in [-0.15, -0.1) is 19.8 Å². The molecule has 0 radical (unpaired) electrons. The van der Waals surface area contributed by atoms with Crippen molar-refractivity contribution in [3.63, 3.8) is 0 Å². The van der Waals surface area contributed by atoms with E-state index in [-0.39, 0.29) is 47.0 Å². The van der Waals surface area contributed by atoms with Crippen LogP contribution in [0.1, 0.15) is 172 Å². The number of aliphatic hydroxyl groups is 2. The minimum atomic E-state index is -0.328. The van der Waals surface area contributed by atoms with Crippen molar-refractivity contribution >= 4 is 45.6 Å². The first kappa shape index (κ1) is 52.1. The van der Waals surface area contributed by atoms with Crippen molar-refractivity contribution in [3.05, 3.63) is 69.8 Å². The number of rotatable bonds is 16. The maximum Gasteiger partial charge on any atom is 0.204 e. The molecule has 0 amide bonds. The summed E-state index contributed by atoms with van der Waals surface area (Å²) in [6, 6.07) is 8.88. The van der Waals surface area contributed by atoms with Crippen LogP contribution in [0, 0.1) is 24.7 Å². The number of aromatic nitrogens is 6. The summed E-state index contributed by atoms with van der Waals surface area (Å²) in [6.45, 7) is 35.5. The third-order valence-electron chi connectivity index (χ3n) is 14.5. The lowest BCUT2D eigenvalue weighted by Gasteiger charge is -2.47. The molecular weight excluding hydrogens is 895 g/mol. The molecule has 4 aliphatic rings. The van der Waals surface area contributed by atoms with Gasteiger partial charge in [0.1, 0.15) is 11.4 Å². The summed E-state index contributed by atoms with van der Waals surface area (Å²) in [5.74, 6) is 2.67. The molecule has 8 rings (SSSR count). The van der Waals surface area contributed by atoms with Crippen LogP contribution in [0.25, 0.3) is 0 Å². The first-order chi connectivity index (χ1) is 33.4. The summed E-state index contributed by atoms with van der Waals surface area (Å²) in [5, 5.41) is 43.2. The fourth-order valence-electron chi connectivity index (χ4n) is 11.0. The highest BCUT2D eigenvalue weighted by Gasteiger charge is 2.41. The van der Waals surface area contributed by atoms with Gasteiger partial charge in [0.25, 0.3) is 0 Å². The lowest BCUT2D eigenvalue weighted by molar-refractivity contribution is 0.101. The lowest BCUT2D eigenvalue weighted by Crippen LogP contribution is -2.49. The zero-order chi connectivity index (χ0) is 51.5. The molecule has 0 saturated carbocycles. The quantitative estimate of drug-likeness (QED) is 0.0721. The second-order valence-electron chi connectivity index (χ2n) is 23.7. The van der Waals surface area contributed by atoms with Crippen molar-refractivity contribution in [2.45, 2.75) is 151 Å². The molecule has 4 aliphatic heterocycles. The minimum absolute atomic E-state index is 0.0746. The Morgan fingerprint density at radius 1 is 0.718 bits per heavy atom. The number of hydrogen-bond donors (Lipinski definition) is 3. The Morgan fingerprint density at radius 2 is 1.17 bits per heavy atom. The van der Waals surface area contributed by atoms with Gasteiger partial charge in [0.05, 0.1) is 61.9 Å². The van der Waals surface area contributed by atoms with Gasteiger partial charge in [-0.3, -0.25) is 5.32 Å². The monoisotopic (exact) mass is 974 g/mol. The third-order valence-corrected chi connectivity index (χ3v) is 14.5. The molecule has 0 aliphatic carbocycles. The van der Waals surface area contributed by atoms with E-state index >= 15 is 0 Å². The summed E-state index contributed by atoms with van der Waals surface area (Å²) >= 11 is 0. The van der Waals surface area contributed by atoms with Gasteiger partial charge in [0.15, 0.2) is 11.6 Å². The van der Waals surface area contributed by atoms with Crippen LogP contribution < -0.4 is 15.1 Å². The molecule has 0 bridgehead atoms. The summed E-state index contributed by atoms with van der Waals surface area (Å²) < 4.78 is 11.9. The van der Waals surface area contributed by atoms with Crippen LogP contribution in [0.2, 0.25) is 0 Å². The van der Waals surface area contributed by atoms with Crippen molar-refractivity contribution in [3.8, 4) is 0 Å². The Kier molecular flexibility index (Phi) is 14.4. The molecule has 0 fully saturated rings. The number of fused-ring (bicyclic) bond motifs is 4. The summed E-state index contributed by atoms with van der Waals surface area (Å²) in [6.07, 6.45) is 1.94. The highest BCUT2D eigenvalue weighted by Crippen LogP contribution is 2.47. The maximum absolute atomic E-state index is 10.0. The van der Waals surface area contributed by atoms with E-state index in [0.29, 0.717) is 80.4 Å². The van der Waals surface area contributed by atoms with Gasteiger partial charge in [0.2, 0.25) is 11.6 Å². The van der Waals surface area contributed by atoms with Crippen LogP contribution in [0.3, 0.4) is 0 Å². The number of ether oxygens (including phenoxy) is 2. The standard InChI is InChI=1S/C54H79N13O4/c1-31-21-41-37(33(3)25-53(12,13)64(41)17-19-68)23-39(31)56-43-45(51(6,7)8)60-66-49(43)58-47(62-66)35(5)28-71-29-36(27-55-30-70-16)48-59-50-44(46(52(9,10)11)61-67(50)63-48)57-40-24-38-34(4)26-54(14,15)65(18-20-69)42(38)22-32(40)2/h21-24,33-36,55,68-69H,17-20,25-30H2,1-16H3. The van der Waals surface area contributed by atoms with Crippen LogP contribution in [0.5, 0.6) is 0 Å². The number of aliphatic hydroxyl groups excluding tert-OH is 2. The maximum atomic E-state index is 10.0. The number of hydrogen-bond acceptors (Lipinski definition) is 15. The van der Waals surface area contributed by atoms with E-state index in [0.717, 1.165) is 63.9 Å². The van der Waals surface area contributed by atoms with Gasteiger partial charge in [-0.2, -0.15) is 10.2 Å². The van der Waals surface area contributed by atoms with Gasteiger partial charge in [0, 0.05) is 65.9 Å². The minimum Gasteiger partial charge on any atom is -0.395 e. The predicted molar refractivity (Wildman–Crippen MR) is 284 cm³/mol. The van der Waals surface area contributed by atoms with E-state index in [1.807, 2.05) is 0 Å². The first-order valence-electron chi connectivity index (χ1n) is 25.5. The third kappa shape index (κ3) is 10.3. The van der Waals surface area contributed by atoms with Crippen LogP contribution >= 0.6 is 0 Å². The van der Waals surface area contributed by atoms with Crippen LogP contribution in [0.4, 0.5) is 22.7 Å². The molecule has 17 heteroatoms. The number of aliphatic imine (C=N–C) groups is 2. The molecule has 2 aromatic heterocycles. The Labute approximate surface area is 421 Å². The molecule has 4 atom stereocenters. The fourth-order valence-corrected chi connectivity index (χ4v) is 11.0. The van der Waals surface area contributed by atoms with E-state index in [1.54, 1.807) is 16.7 Å². The highest BCUT2D eigenvalue weighted by molar-refractivity contribution is 6.51. The number of methoxy groups -OCH3 is 1. The molecular formula is C54H79N13O4. The molecule has 0 spiro atoms. The second-order valence-corrected chi connectivity index (χ2v) is 23.7. The fraction of sp³-hybridized carbons (Fsp3) is 0.630. The van der Waals surface area contributed by atoms with E-state index in [9.17, 15) is 10.2 Å². The highest BCUT2D eigenvalue weighted by atomic mass is 16.5. The van der Waals surface area contributed by atoms with Crippen molar-refractivity contribution in [2.24, 2.45) is 31.0 Å². The average Bonchev–Trinajstić information content (AvgIpc) is 4.05. The van der Waals surface area contributed by atoms with E-state index in [4.69, 9.17) is 49.8 Å². The Hall–Kier alpha value is -5.20. The summed E-state index contributed by atoms with van der Waals surface area (Å²) in [4.78, 5) is 28.9. The van der Waals surface area contributed by atoms with Gasteiger partial charge >= 0.3 is 0 Å². The van der Waals surface area contributed by atoms with E-state index in [2.05, 4.69) is 143 Å². The van der Waals surface area contributed by atoms with Crippen molar-refractivity contribution in [1.29, 1.82) is 0 Å². The zero-order valence-corrected chi connectivity index (χ0v) is 45.3. The van der Waals surface area contributed by atoms with Crippen molar-refractivity contribution in [1.82, 2.24) is 35.1 Å². The van der Waals surface area contributed by atoms with Gasteiger partial charge in [-0.25, -0.2) is 20.0 Å². The molecule has 71 heavy (non-hydrogen) atoms. The van der Waals surface area contributed by atoms with Crippen LogP contribution in [-0.2, 0) is 9.47 Å². The Balaban J connectivity index is 1.04. The normalized spacial score (nSPS) is 21.3. The van der Waals surface area contributed by atoms with Crippen molar-refractivity contribution < 1.29 is 19.7 Å². The van der Waals surface area contributed by atoms with Crippen LogP contribution in [-0.4, -0.2) is 134 Å².